The van der Waals surface area contributed by atoms with E-state index in [4.69, 9.17) is 34.8 Å². The first-order valence-corrected chi connectivity index (χ1v) is 4.43. The molecule has 0 radical (unpaired) electrons. The van der Waals surface area contributed by atoms with Gasteiger partial charge in [-0.25, -0.2) is 0 Å². The number of cyclic esters (lactones) is 1. The van der Waals surface area contributed by atoms with Crippen molar-refractivity contribution in [1.29, 1.82) is 0 Å². The van der Waals surface area contributed by atoms with Gasteiger partial charge in [-0.05, 0) is 0 Å². The van der Waals surface area contributed by atoms with Gasteiger partial charge in [0, 0.05) is 5.97 Å². The van der Waals surface area contributed by atoms with Crippen molar-refractivity contribution >= 4 is 46.7 Å². The molecule has 4 nitrogen and oxygen atoms in total. The molecule has 0 aromatic rings. The van der Waals surface area contributed by atoms with Crippen molar-refractivity contribution in [2.75, 3.05) is 0 Å². The van der Waals surface area contributed by atoms with Gasteiger partial charge in [0.2, 0.25) is 3.79 Å². The van der Waals surface area contributed by atoms with Crippen molar-refractivity contribution in [3.63, 3.8) is 0 Å². The minimum atomic E-state index is -1.93. The van der Waals surface area contributed by atoms with Gasteiger partial charge in [0.25, 0.3) is 0 Å². The zero-order valence-electron chi connectivity index (χ0n) is 7.13. The molecule has 2 atom stereocenters. The molecule has 1 rings (SSSR count). The molecule has 0 aromatic heterocycles. The number of carbonyl (C=O) groups excluding carboxylic acids is 2. The maximum absolute atomic E-state index is 10.7. The van der Waals surface area contributed by atoms with E-state index in [1.54, 1.807) is 0 Å². The monoisotopic (exact) mass is 268 g/mol. The molecule has 1 heterocycles. The molecule has 0 amide bonds. The van der Waals surface area contributed by atoms with Crippen LogP contribution in [0.5, 0.6) is 0 Å². The number of rotatable bonds is 1. The zero-order valence-corrected chi connectivity index (χ0v) is 11.4. The number of aliphatic carboxylic acids is 1. The summed E-state index contributed by atoms with van der Waals surface area (Å²) < 4.78 is 2.61. The zero-order chi connectivity index (χ0) is 10.2. The Labute approximate surface area is 117 Å². The number of carboxylic acids is 1. The molecule has 0 saturated carbocycles. The van der Waals surface area contributed by atoms with Crippen LogP contribution in [0.15, 0.2) is 0 Å². The Hall–Kier alpha value is 0.810. The van der Waals surface area contributed by atoms with E-state index in [0.29, 0.717) is 0 Å². The molecule has 0 N–H and O–H groups in total. The summed E-state index contributed by atoms with van der Waals surface area (Å²) in [5.41, 5.74) is 0. The van der Waals surface area contributed by atoms with Crippen LogP contribution >= 0.6 is 34.8 Å². The van der Waals surface area contributed by atoms with E-state index in [-0.39, 0.29) is 36.0 Å². The van der Waals surface area contributed by atoms with E-state index in [1.165, 1.54) is 0 Å². The molecule has 0 spiro atoms. The molecule has 74 valence electrons. The Morgan fingerprint density at radius 2 is 2.00 bits per heavy atom. The number of carbonyl (C=O) groups is 2. The molecule has 1 fully saturated rings. The van der Waals surface area contributed by atoms with Crippen molar-refractivity contribution in [1.82, 2.24) is 0 Å². The normalized spacial score (nSPS) is 26.6. The van der Waals surface area contributed by atoms with Gasteiger partial charge in [-0.15, -0.1) is 0 Å². The Balaban J connectivity index is 0.00000169. The second-order valence-corrected chi connectivity index (χ2v) is 4.95. The molecule has 0 aliphatic carbocycles. The van der Waals surface area contributed by atoms with Crippen molar-refractivity contribution < 1.29 is 49.0 Å². The molecule has 14 heavy (non-hydrogen) atoms. The third-order valence-corrected chi connectivity index (χ3v) is 2.28. The molecule has 1 aliphatic heterocycles. The summed E-state index contributed by atoms with van der Waals surface area (Å²) >= 11 is 16.2. The Kier molecular flexibility index (Phi) is 5.54. The van der Waals surface area contributed by atoms with Gasteiger partial charge in [0.15, 0.2) is 6.10 Å². The van der Waals surface area contributed by atoms with Crippen LogP contribution < -0.4 is 34.7 Å². The van der Waals surface area contributed by atoms with E-state index in [1.807, 2.05) is 0 Å². The van der Waals surface area contributed by atoms with Gasteiger partial charge in [-0.2, -0.15) is 0 Å². The SMILES string of the molecule is O=C1CC(C(=O)[O-])C(C(Cl)(Cl)Cl)O1.[Na+]. The second kappa shape index (κ2) is 5.23. The van der Waals surface area contributed by atoms with E-state index in [2.05, 4.69) is 4.74 Å². The predicted molar refractivity (Wildman–Crippen MR) is 43.3 cm³/mol. The third kappa shape index (κ3) is 3.43. The van der Waals surface area contributed by atoms with Crippen LogP contribution in [0.25, 0.3) is 0 Å². The summed E-state index contributed by atoms with van der Waals surface area (Å²) in [5.74, 6) is -3.35. The topological polar surface area (TPSA) is 66.4 Å². The van der Waals surface area contributed by atoms with Crippen LogP contribution in [0.4, 0.5) is 0 Å². The van der Waals surface area contributed by atoms with Crippen molar-refractivity contribution in [3.05, 3.63) is 0 Å². The Morgan fingerprint density at radius 3 is 2.29 bits per heavy atom. The average molecular weight is 269 g/mol. The third-order valence-electron chi connectivity index (χ3n) is 1.64. The minimum absolute atomic E-state index is 0. The average Bonchev–Trinajstić information content (AvgIpc) is 2.29. The first-order chi connectivity index (χ1) is 5.82. The maximum atomic E-state index is 10.7. The summed E-state index contributed by atoms with van der Waals surface area (Å²) in [4.78, 5) is 21.2. The van der Waals surface area contributed by atoms with Gasteiger partial charge < -0.3 is 14.6 Å². The van der Waals surface area contributed by atoms with Crippen molar-refractivity contribution in [2.24, 2.45) is 5.92 Å². The Morgan fingerprint density at radius 1 is 1.50 bits per heavy atom. The molecule has 0 bridgehead atoms. The molecule has 1 aliphatic rings. The fraction of sp³-hybridized carbons (Fsp3) is 0.667. The van der Waals surface area contributed by atoms with E-state index >= 15 is 0 Å². The summed E-state index contributed by atoms with van der Waals surface area (Å²) in [5, 5.41) is 10.5. The van der Waals surface area contributed by atoms with Crippen LogP contribution in [0.3, 0.4) is 0 Å². The standard InChI is InChI=1S/C6H5Cl3O4.Na/c7-6(8,9)4-2(5(11)12)1-3(10)13-4;/h2,4H,1H2,(H,11,12);/q;+1/p-1. The van der Waals surface area contributed by atoms with Gasteiger partial charge in [-0.1, -0.05) is 34.8 Å². The summed E-state index contributed by atoms with van der Waals surface area (Å²) in [6.07, 6.45) is -1.59. The fourth-order valence-corrected chi connectivity index (χ4v) is 1.65. The number of hydrogen-bond acceptors (Lipinski definition) is 4. The van der Waals surface area contributed by atoms with Gasteiger partial charge in [-0.3, -0.25) is 4.79 Å². The van der Waals surface area contributed by atoms with E-state index < -0.39 is 27.8 Å². The number of alkyl halides is 3. The fourth-order valence-electron chi connectivity index (χ4n) is 1.06. The molecule has 8 heteroatoms. The first kappa shape index (κ1) is 14.8. The molecule has 2 unspecified atom stereocenters. The quantitative estimate of drug-likeness (QED) is 0.290. The van der Waals surface area contributed by atoms with E-state index in [9.17, 15) is 14.7 Å². The first-order valence-electron chi connectivity index (χ1n) is 3.29. The maximum Gasteiger partial charge on any atom is 1.00 e. The molecular weight excluding hydrogens is 265 g/mol. The minimum Gasteiger partial charge on any atom is -0.550 e. The number of halogens is 3. The number of hydrogen-bond donors (Lipinski definition) is 0. The largest absolute Gasteiger partial charge is 1.00 e. The van der Waals surface area contributed by atoms with Gasteiger partial charge in [0.05, 0.1) is 12.3 Å². The van der Waals surface area contributed by atoms with Gasteiger partial charge in [0.1, 0.15) is 0 Å². The molecule has 1 saturated heterocycles. The van der Waals surface area contributed by atoms with Crippen LogP contribution in [-0.2, 0) is 14.3 Å². The molecule has 0 aromatic carbocycles. The summed E-state index contributed by atoms with van der Waals surface area (Å²) in [6, 6.07) is 0. The van der Waals surface area contributed by atoms with Crippen LogP contribution in [-0.4, -0.2) is 21.8 Å². The number of carboxylic acid groups (broad SMARTS) is 1. The van der Waals surface area contributed by atoms with Crippen LogP contribution in [0, 0.1) is 5.92 Å². The predicted octanol–water partition coefficient (Wildman–Crippen LogP) is -2.96. The molecular formula is C6H4Cl3NaO4. The number of ether oxygens (including phenoxy) is 1. The summed E-state index contributed by atoms with van der Waals surface area (Å²) in [7, 11) is 0. The van der Waals surface area contributed by atoms with E-state index in [0.717, 1.165) is 0 Å². The Bertz CT molecular complexity index is 252. The summed E-state index contributed by atoms with van der Waals surface area (Å²) in [6.45, 7) is 0. The van der Waals surface area contributed by atoms with Crippen LogP contribution in [0.2, 0.25) is 0 Å². The van der Waals surface area contributed by atoms with Gasteiger partial charge >= 0.3 is 35.5 Å². The van der Waals surface area contributed by atoms with Crippen molar-refractivity contribution in [2.45, 2.75) is 16.3 Å². The van der Waals surface area contributed by atoms with Crippen molar-refractivity contribution in [3.8, 4) is 0 Å². The van der Waals surface area contributed by atoms with Crippen LogP contribution in [0.1, 0.15) is 6.42 Å². The second-order valence-electron chi connectivity index (χ2n) is 2.58. The smallest absolute Gasteiger partial charge is 0.550 e. The number of esters is 1.